The number of rotatable bonds is 6. The van der Waals surface area contributed by atoms with Crippen LogP contribution in [0.15, 0.2) is 0 Å². The number of anilines is 1. The van der Waals surface area contributed by atoms with Crippen molar-refractivity contribution in [3.05, 3.63) is 5.82 Å². The molecule has 17 heavy (non-hydrogen) atoms. The van der Waals surface area contributed by atoms with E-state index in [0.717, 1.165) is 17.5 Å². The fourth-order valence-electron chi connectivity index (χ4n) is 1.99. The summed E-state index contributed by atoms with van der Waals surface area (Å²) in [4.78, 5) is 4.50. The summed E-state index contributed by atoms with van der Waals surface area (Å²) >= 11 is 1.47. The van der Waals surface area contributed by atoms with Crippen molar-refractivity contribution in [2.75, 3.05) is 11.9 Å². The summed E-state index contributed by atoms with van der Waals surface area (Å²) in [6.45, 7) is 14.4. The van der Waals surface area contributed by atoms with Gasteiger partial charge in [0.1, 0.15) is 5.82 Å². The highest BCUT2D eigenvalue weighted by molar-refractivity contribution is 7.09. The minimum Gasteiger partial charge on any atom is -0.360 e. The molecule has 0 atom stereocenters. The van der Waals surface area contributed by atoms with Gasteiger partial charge in [0, 0.05) is 24.0 Å². The molecule has 1 aromatic rings. The third kappa shape index (κ3) is 4.26. The second-order valence-electron chi connectivity index (χ2n) is 5.65. The topological polar surface area (TPSA) is 37.8 Å². The Morgan fingerprint density at radius 2 is 1.65 bits per heavy atom. The monoisotopic (exact) mass is 255 g/mol. The lowest BCUT2D eigenvalue weighted by molar-refractivity contribution is 0.304. The van der Waals surface area contributed by atoms with E-state index in [9.17, 15) is 0 Å². The van der Waals surface area contributed by atoms with Gasteiger partial charge in [0.25, 0.3) is 0 Å². The van der Waals surface area contributed by atoms with Crippen LogP contribution in [-0.4, -0.2) is 15.9 Å². The molecule has 98 valence electrons. The maximum absolute atomic E-state index is 4.50. The Kier molecular flexibility index (Phi) is 5.37. The second-order valence-corrected chi connectivity index (χ2v) is 6.40. The van der Waals surface area contributed by atoms with E-state index in [2.05, 4.69) is 56.2 Å². The average molecular weight is 255 g/mol. The fraction of sp³-hybridized carbons (Fsp3) is 0.846. The van der Waals surface area contributed by atoms with E-state index in [1.807, 2.05) is 0 Å². The molecule has 1 heterocycles. The van der Waals surface area contributed by atoms with Crippen LogP contribution in [0.25, 0.3) is 0 Å². The summed E-state index contributed by atoms with van der Waals surface area (Å²) in [6.07, 6.45) is 0. The van der Waals surface area contributed by atoms with E-state index in [1.54, 1.807) is 0 Å². The third-order valence-electron chi connectivity index (χ3n) is 3.16. The van der Waals surface area contributed by atoms with Crippen LogP contribution in [0.4, 0.5) is 5.13 Å². The first-order valence-electron chi connectivity index (χ1n) is 6.49. The zero-order valence-corrected chi connectivity index (χ0v) is 12.6. The van der Waals surface area contributed by atoms with Gasteiger partial charge in [-0.25, -0.2) is 4.98 Å². The van der Waals surface area contributed by atoms with Gasteiger partial charge in [-0.15, -0.1) is 0 Å². The standard InChI is InChI=1S/C13H25N3S/c1-8(2)11(9(3)4)7-14-13-15-12(10(5)6)16-17-13/h8-11H,7H2,1-6H3,(H,14,15,16). The van der Waals surface area contributed by atoms with Crippen molar-refractivity contribution in [2.24, 2.45) is 17.8 Å². The molecule has 0 aliphatic heterocycles. The summed E-state index contributed by atoms with van der Waals surface area (Å²) in [5.41, 5.74) is 0. The quantitative estimate of drug-likeness (QED) is 0.835. The van der Waals surface area contributed by atoms with Gasteiger partial charge in [0.05, 0.1) is 0 Å². The van der Waals surface area contributed by atoms with Crippen molar-refractivity contribution in [3.8, 4) is 0 Å². The Labute approximate surface area is 109 Å². The van der Waals surface area contributed by atoms with Crippen LogP contribution in [0.5, 0.6) is 0 Å². The lowest BCUT2D eigenvalue weighted by atomic mass is 9.86. The predicted molar refractivity (Wildman–Crippen MR) is 75.7 cm³/mol. The first-order chi connectivity index (χ1) is 7.91. The first kappa shape index (κ1) is 14.4. The highest BCUT2D eigenvalue weighted by Gasteiger charge is 2.18. The number of hydrogen-bond donors (Lipinski definition) is 1. The summed E-state index contributed by atoms with van der Waals surface area (Å²) in [7, 11) is 0. The molecule has 0 fully saturated rings. The molecule has 4 heteroatoms. The van der Waals surface area contributed by atoms with Crippen LogP contribution >= 0.6 is 11.5 Å². The predicted octanol–water partition coefficient (Wildman–Crippen LogP) is 4.00. The first-order valence-corrected chi connectivity index (χ1v) is 7.26. The highest BCUT2D eigenvalue weighted by atomic mass is 32.1. The molecule has 0 unspecified atom stereocenters. The van der Waals surface area contributed by atoms with Gasteiger partial charge in [0.2, 0.25) is 5.13 Å². The minimum absolute atomic E-state index is 0.410. The van der Waals surface area contributed by atoms with E-state index in [-0.39, 0.29) is 0 Å². The van der Waals surface area contributed by atoms with Crippen LogP contribution < -0.4 is 5.32 Å². The molecule has 0 aliphatic carbocycles. The van der Waals surface area contributed by atoms with E-state index in [4.69, 9.17) is 0 Å². The van der Waals surface area contributed by atoms with Gasteiger partial charge in [-0.2, -0.15) is 4.37 Å². The maximum atomic E-state index is 4.50. The molecule has 0 radical (unpaired) electrons. The molecule has 1 N–H and O–H groups in total. The summed E-state index contributed by atoms with van der Waals surface area (Å²) in [5, 5.41) is 4.39. The Morgan fingerprint density at radius 1 is 1.06 bits per heavy atom. The van der Waals surface area contributed by atoms with Gasteiger partial charge in [0.15, 0.2) is 0 Å². The number of nitrogens with one attached hydrogen (secondary N) is 1. The average Bonchev–Trinajstić information content (AvgIpc) is 2.65. The molecule has 0 saturated heterocycles. The summed E-state index contributed by atoms with van der Waals surface area (Å²) < 4.78 is 4.35. The Hall–Kier alpha value is -0.640. The minimum atomic E-state index is 0.410. The number of nitrogens with zero attached hydrogens (tertiary/aromatic N) is 2. The lowest BCUT2D eigenvalue weighted by Gasteiger charge is -2.24. The zero-order valence-electron chi connectivity index (χ0n) is 11.8. The van der Waals surface area contributed by atoms with Crippen LogP contribution in [-0.2, 0) is 0 Å². The van der Waals surface area contributed by atoms with E-state index < -0.39 is 0 Å². The van der Waals surface area contributed by atoms with Crippen molar-refractivity contribution in [2.45, 2.75) is 47.5 Å². The second kappa shape index (κ2) is 6.34. The van der Waals surface area contributed by atoms with Gasteiger partial charge in [-0.3, -0.25) is 0 Å². The summed E-state index contributed by atoms with van der Waals surface area (Å²) in [5.74, 6) is 3.43. The molecule has 0 aromatic carbocycles. The van der Waals surface area contributed by atoms with Crippen LogP contribution in [0, 0.1) is 17.8 Å². The van der Waals surface area contributed by atoms with Crippen molar-refractivity contribution in [1.82, 2.24) is 9.36 Å². The molecule has 0 spiro atoms. The molecule has 1 aromatic heterocycles. The molecule has 0 amide bonds. The molecular formula is C13H25N3S. The molecular weight excluding hydrogens is 230 g/mol. The molecule has 3 nitrogen and oxygen atoms in total. The maximum Gasteiger partial charge on any atom is 0.202 e. The largest absolute Gasteiger partial charge is 0.360 e. The van der Waals surface area contributed by atoms with Gasteiger partial charge in [-0.1, -0.05) is 41.5 Å². The van der Waals surface area contributed by atoms with Crippen LogP contribution in [0.1, 0.15) is 53.3 Å². The zero-order chi connectivity index (χ0) is 13.0. The molecule has 0 saturated carbocycles. The van der Waals surface area contributed by atoms with Gasteiger partial charge < -0.3 is 5.32 Å². The third-order valence-corrected chi connectivity index (χ3v) is 3.85. The lowest BCUT2D eigenvalue weighted by Crippen LogP contribution is -2.24. The van der Waals surface area contributed by atoms with E-state index in [0.29, 0.717) is 23.7 Å². The van der Waals surface area contributed by atoms with E-state index >= 15 is 0 Å². The smallest absolute Gasteiger partial charge is 0.202 e. The molecule has 0 bridgehead atoms. The molecule has 0 aliphatic rings. The number of aromatic nitrogens is 2. The highest BCUT2D eigenvalue weighted by Crippen LogP contribution is 2.22. The Bertz CT molecular complexity index is 323. The van der Waals surface area contributed by atoms with Crippen molar-refractivity contribution < 1.29 is 0 Å². The Morgan fingerprint density at radius 3 is 2.06 bits per heavy atom. The number of hydrogen-bond acceptors (Lipinski definition) is 4. The fourth-order valence-corrected chi connectivity index (χ4v) is 2.70. The SMILES string of the molecule is CC(C)c1nsc(NCC(C(C)C)C(C)C)n1. The van der Waals surface area contributed by atoms with E-state index in [1.165, 1.54) is 11.5 Å². The normalized spacial score (nSPS) is 12.1. The van der Waals surface area contributed by atoms with Gasteiger partial charge >= 0.3 is 0 Å². The van der Waals surface area contributed by atoms with Gasteiger partial charge in [-0.05, 0) is 17.8 Å². The molecule has 1 rings (SSSR count). The van der Waals surface area contributed by atoms with Crippen LogP contribution in [0.3, 0.4) is 0 Å². The van der Waals surface area contributed by atoms with Crippen molar-refractivity contribution in [3.63, 3.8) is 0 Å². The Balaban J connectivity index is 2.53. The van der Waals surface area contributed by atoms with Crippen molar-refractivity contribution in [1.29, 1.82) is 0 Å². The van der Waals surface area contributed by atoms with Crippen LogP contribution in [0.2, 0.25) is 0 Å². The van der Waals surface area contributed by atoms with Crippen molar-refractivity contribution >= 4 is 16.7 Å². The summed E-state index contributed by atoms with van der Waals surface area (Å²) in [6, 6.07) is 0.